The molecule has 0 amide bonds. The van der Waals surface area contributed by atoms with Gasteiger partial charge in [-0.15, -0.1) is 0 Å². The van der Waals surface area contributed by atoms with Crippen LogP contribution in [-0.2, 0) is 0 Å². The Bertz CT molecular complexity index is 463. The van der Waals surface area contributed by atoms with E-state index < -0.39 is 0 Å². The number of rotatable bonds is 2. The van der Waals surface area contributed by atoms with Crippen LogP contribution in [0.5, 0.6) is 0 Å². The molecular weight excluding hydrogens is 186 g/mol. The van der Waals surface area contributed by atoms with Gasteiger partial charge in [0.15, 0.2) is 12.4 Å². The minimum Gasteiger partial charge on any atom is -0.619 e. The fraction of sp³-hybridized carbons (Fsp3) is 0. The maximum absolute atomic E-state index is 11.0. The zero-order valence-electron chi connectivity index (χ0n) is 8.21. The van der Waals surface area contributed by atoms with E-state index in [9.17, 15) is 5.21 Å². The van der Waals surface area contributed by atoms with Gasteiger partial charge in [0.1, 0.15) is 0 Å². The number of pyridine rings is 1. The van der Waals surface area contributed by atoms with Gasteiger partial charge in [0.05, 0.1) is 0 Å². The minimum absolute atomic E-state index is 0.796. The molecular formula is C13H11NO. The molecule has 1 heterocycles. The van der Waals surface area contributed by atoms with Gasteiger partial charge in [0.25, 0.3) is 0 Å². The van der Waals surface area contributed by atoms with Gasteiger partial charge in [-0.2, -0.15) is 4.73 Å². The molecule has 0 aliphatic heterocycles. The smallest absolute Gasteiger partial charge is 0.187 e. The molecule has 2 heteroatoms. The monoisotopic (exact) mass is 197 g/mol. The first kappa shape index (κ1) is 9.46. The average Bonchev–Trinajstić information content (AvgIpc) is 2.28. The van der Waals surface area contributed by atoms with E-state index in [2.05, 4.69) is 0 Å². The number of hydrogen-bond donors (Lipinski definition) is 0. The standard InChI is InChI=1S/C13H11NO/c15-14-10-4-7-13(11-14)9-8-12-5-2-1-3-6-12/h1-11H/b9-8+. The first-order valence-corrected chi connectivity index (χ1v) is 4.76. The van der Waals surface area contributed by atoms with Crippen molar-refractivity contribution in [3.05, 3.63) is 71.2 Å². The summed E-state index contributed by atoms with van der Waals surface area (Å²) in [6.45, 7) is 0. The highest BCUT2D eigenvalue weighted by Crippen LogP contribution is 2.05. The van der Waals surface area contributed by atoms with Gasteiger partial charge >= 0.3 is 0 Å². The van der Waals surface area contributed by atoms with Crippen LogP contribution in [0.25, 0.3) is 12.2 Å². The summed E-state index contributed by atoms with van der Waals surface area (Å²) in [5.41, 5.74) is 2.02. The van der Waals surface area contributed by atoms with Crippen LogP contribution in [0, 0.1) is 5.21 Å². The quantitative estimate of drug-likeness (QED) is 0.536. The third-order valence-corrected chi connectivity index (χ3v) is 2.07. The van der Waals surface area contributed by atoms with E-state index in [-0.39, 0.29) is 0 Å². The zero-order valence-corrected chi connectivity index (χ0v) is 8.21. The Morgan fingerprint density at radius 3 is 2.27 bits per heavy atom. The summed E-state index contributed by atoms with van der Waals surface area (Å²) in [5.74, 6) is 0. The molecule has 0 bridgehead atoms. The van der Waals surface area contributed by atoms with Crippen molar-refractivity contribution in [3.8, 4) is 0 Å². The predicted octanol–water partition coefficient (Wildman–Crippen LogP) is 2.49. The van der Waals surface area contributed by atoms with Crippen molar-refractivity contribution < 1.29 is 4.73 Å². The van der Waals surface area contributed by atoms with E-state index in [1.807, 2.05) is 48.6 Å². The molecule has 74 valence electrons. The van der Waals surface area contributed by atoms with Crippen LogP contribution in [0.3, 0.4) is 0 Å². The molecule has 0 saturated carbocycles. The van der Waals surface area contributed by atoms with Crippen molar-refractivity contribution in [1.29, 1.82) is 0 Å². The summed E-state index contributed by atoms with van der Waals surface area (Å²) in [5, 5.41) is 11.0. The number of hydrogen-bond acceptors (Lipinski definition) is 1. The molecule has 0 aliphatic rings. The highest BCUT2D eigenvalue weighted by molar-refractivity contribution is 5.68. The summed E-state index contributed by atoms with van der Waals surface area (Å²) in [4.78, 5) is 0. The van der Waals surface area contributed by atoms with E-state index in [1.54, 1.807) is 12.3 Å². The molecule has 15 heavy (non-hydrogen) atoms. The summed E-state index contributed by atoms with van der Waals surface area (Å²) >= 11 is 0. The molecule has 2 aromatic rings. The summed E-state index contributed by atoms with van der Waals surface area (Å²) in [7, 11) is 0. The lowest BCUT2D eigenvalue weighted by Gasteiger charge is -1.95. The van der Waals surface area contributed by atoms with Crippen molar-refractivity contribution in [2.75, 3.05) is 0 Å². The molecule has 0 spiro atoms. The van der Waals surface area contributed by atoms with Crippen LogP contribution in [0.4, 0.5) is 0 Å². The van der Waals surface area contributed by atoms with Crippen molar-refractivity contribution in [2.24, 2.45) is 0 Å². The Kier molecular flexibility index (Phi) is 2.79. The summed E-state index contributed by atoms with van der Waals surface area (Å²) in [6, 6.07) is 13.6. The van der Waals surface area contributed by atoms with Crippen molar-refractivity contribution in [3.63, 3.8) is 0 Å². The summed E-state index contributed by atoms with van der Waals surface area (Å²) in [6.07, 6.45) is 6.92. The Hall–Kier alpha value is -2.09. The first-order chi connectivity index (χ1) is 7.34. The van der Waals surface area contributed by atoms with Crippen molar-refractivity contribution >= 4 is 12.2 Å². The molecule has 0 N–H and O–H groups in total. The van der Waals surface area contributed by atoms with Gasteiger partial charge in [-0.05, 0) is 17.7 Å². The Morgan fingerprint density at radius 1 is 0.867 bits per heavy atom. The van der Waals surface area contributed by atoms with Crippen LogP contribution in [-0.4, -0.2) is 0 Å². The fourth-order valence-electron chi connectivity index (χ4n) is 1.33. The average molecular weight is 197 g/mol. The third kappa shape index (κ3) is 2.68. The SMILES string of the molecule is [O-][n+]1cccc(/C=C/c2ccccc2)c1. The number of nitrogens with zero attached hydrogens (tertiary/aromatic N) is 1. The molecule has 2 nitrogen and oxygen atoms in total. The Morgan fingerprint density at radius 2 is 1.53 bits per heavy atom. The van der Waals surface area contributed by atoms with Crippen LogP contribution >= 0.6 is 0 Å². The number of aromatic nitrogens is 1. The largest absolute Gasteiger partial charge is 0.619 e. The van der Waals surface area contributed by atoms with Crippen molar-refractivity contribution in [2.45, 2.75) is 0 Å². The van der Waals surface area contributed by atoms with Gasteiger partial charge in [0.2, 0.25) is 0 Å². The lowest BCUT2D eigenvalue weighted by atomic mass is 10.2. The van der Waals surface area contributed by atoms with Crippen molar-refractivity contribution in [1.82, 2.24) is 0 Å². The fourth-order valence-corrected chi connectivity index (χ4v) is 1.33. The van der Waals surface area contributed by atoms with Gasteiger partial charge in [-0.3, -0.25) is 0 Å². The molecule has 0 unspecified atom stereocenters. The van der Waals surface area contributed by atoms with Crippen LogP contribution in [0.15, 0.2) is 54.9 Å². The van der Waals surface area contributed by atoms with Gasteiger partial charge < -0.3 is 5.21 Å². The maximum Gasteiger partial charge on any atom is 0.187 e. The van der Waals surface area contributed by atoms with Crippen LogP contribution < -0.4 is 4.73 Å². The molecule has 0 saturated heterocycles. The molecule has 0 radical (unpaired) electrons. The highest BCUT2D eigenvalue weighted by Gasteiger charge is 1.91. The summed E-state index contributed by atoms with van der Waals surface area (Å²) < 4.78 is 0.796. The normalized spacial score (nSPS) is 10.7. The molecule has 1 aromatic carbocycles. The molecule has 1 aromatic heterocycles. The molecule has 2 rings (SSSR count). The van der Waals surface area contributed by atoms with Gasteiger partial charge in [-0.1, -0.05) is 36.4 Å². The van der Waals surface area contributed by atoms with Gasteiger partial charge in [0, 0.05) is 11.6 Å². The third-order valence-electron chi connectivity index (χ3n) is 2.07. The van der Waals surface area contributed by atoms with Gasteiger partial charge in [-0.25, -0.2) is 0 Å². The Labute approximate surface area is 88.7 Å². The second-order valence-electron chi connectivity index (χ2n) is 3.24. The topological polar surface area (TPSA) is 26.9 Å². The van der Waals surface area contributed by atoms with E-state index in [0.29, 0.717) is 0 Å². The minimum atomic E-state index is 0.796. The van der Waals surface area contributed by atoms with E-state index in [1.165, 1.54) is 6.20 Å². The van der Waals surface area contributed by atoms with Crippen LogP contribution in [0.2, 0.25) is 0 Å². The maximum atomic E-state index is 11.0. The lowest BCUT2D eigenvalue weighted by Crippen LogP contribution is -2.24. The lowest BCUT2D eigenvalue weighted by molar-refractivity contribution is -0.605. The molecule has 0 fully saturated rings. The molecule has 0 aliphatic carbocycles. The van der Waals surface area contributed by atoms with Crippen LogP contribution in [0.1, 0.15) is 11.1 Å². The molecule has 0 atom stereocenters. The highest BCUT2D eigenvalue weighted by atomic mass is 16.5. The second-order valence-corrected chi connectivity index (χ2v) is 3.24. The zero-order chi connectivity index (χ0) is 10.5. The van der Waals surface area contributed by atoms with E-state index >= 15 is 0 Å². The number of benzene rings is 1. The second kappa shape index (κ2) is 4.42. The Balaban J connectivity index is 2.19. The van der Waals surface area contributed by atoms with E-state index in [4.69, 9.17) is 0 Å². The predicted molar refractivity (Wildman–Crippen MR) is 60.8 cm³/mol. The van der Waals surface area contributed by atoms with E-state index in [0.717, 1.165) is 15.9 Å². The first-order valence-electron chi connectivity index (χ1n) is 4.76.